The van der Waals surface area contributed by atoms with Crippen LogP contribution >= 0.6 is 11.3 Å². The lowest BCUT2D eigenvalue weighted by Gasteiger charge is -2.25. The molecule has 0 unspecified atom stereocenters. The monoisotopic (exact) mass is 282 g/mol. The predicted octanol–water partition coefficient (Wildman–Crippen LogP) is 1.65. The average Bonchev–Trinajstić information content (AvgIpc) is 2.70. The molecule has 0 aromatic carbocycles. The van der Waals surface area contributed by atoms with Crippen LogP contribution in [0.1, 0.15) is 29.1 Å². The van der Waals surface area contributed by atoms with Gasteiger partial charge in [0, 0.05) is 18.0 Å². The fraction of sp³-hybridized carbons (Fsp3) is 0.538. The van der Waals surface area contributed by atoms with Crippen molar-refractivity contribution in [3.05, 3.63) is 16.5 Å². The van der Waals surface area contributed by atoms with E-state index < -0.39 is 0 Å². The second-order valence-corrected chi connectivity index (χ2v) is 5.51. The third-order valence-corrected chi connectivity index (χ3v) is 4.21. The van der Waals surface area contributed by atoms with Gasteiger partial charge in [-0.2, -0.15) is 0 Å². The average molecular weight is 282 g/mol. The van der Waals surface area contributed by atoms with E-state index in [1.807, 2.05) is 6.92 Å². The lowest BCUT2D eigenvalue weighted by Crippen LogP contribution is -2.48. The van der Waals surface area contributed by atoms with Gasteiger partial charge in [-0.15, -0.1) is 11.3 Å². The highest BCUT2D eigenvalue weighted by molar-refractivity contribution is 7.16. The van der Waals surface area contributed by atoms with Gasteiger partial charge in [0.15, 0.2) is 0 Å². The molecule has 0 bridgehead atoms. The summed E-state index contributed by atoms with van der Waals surface area (Å²) in [5.74, 6) is -0.406. The van der Waals surface area contributed by atoms with Crippen LogP contribution in [-0.2, 0) is 16.0 Å². The highest BCUT2D eigenvalue weighted by atomic mass is 32.1. The molecule has 1 aromatic rings. The van der Waals surface area contributed by atoms with Crippen LogP contribution in [-0.4, -0.2) is 31.6 Å². The number of hydrogen-bond acceptors (Lipinski definition) is 5. The van der Waals surface area contributed by atoms with Crippen molar-refractivity contribution in [2.75, 3.05) is 25.0 Å². The second kappa shape index (κ2) is 6.16. The Bertz CT molecular complexity index is 480. The van der Waals surface area contributed by atoms with Gasteiger partial charge in [-0.25, -0.2) is 4.79 Å². The van der Waals surface area contributed by atoms with Crippen molar-refractivity contribution in [2.45, 2.75) is 20.3 Å². The van der Waals surface area contributed by atoms with Crippen LogP contribution in [0.3, 0.4) is 0 Å². The summed E-state index contributed by atoms with van der Waals surface area (Å²) < 4.78 is 5.01. The van der Waals surface area contributed by atoms with Crippen molar-refractivity contribution in [3.8, 4) is 0 Å². The van der Waals surface area contributed by atoms with Crippen molar-refractivity contribution < 1.29 is 14.3 Å². The number of aryl methyl sites for hydroxylation is 1. The molecule has 2 rings (SSSR count). The normalized spacial score (nSPS) is 14.8. The van der Waals surface area contributed by atoms with E-state index in [4.69, 9.17) is 4.74 Å². The molecule has 5 nitrogen and oxygen atoms in total. The molecule has 1 aromatic heterocycles. The van der Waals surface area contributed by atoms with E-state index in [0.717, 1.165) is 11.3 Å². The Morgan fingerprint density at radius 2 is 2.21 bits per heavy atom. The largest absolute Gasteiger partial charge is 0.462 e. The first-order valence-corrected chi connectivity index (χ1v) is 7.28. The molecule has 0 atom stereocenters. The van der Waals surface area contributed by atoms with Gasteiger partial charge in [-0.1, -0.05) is 6.92 Å². The molecule has 0 spiro atoms. The molecular weight excluding hydrogens is 264 g/mol. The van der Waals surface area contributed by atoms with Gasteiger partial charge in [0.25, 0.3) is 0 Å². The maximum Gasteiger partial charge on any atom is 0.341 e. The van der Waals surface area contributed by atoms with Crippen molar-refractivity contribution >= 4 is 28.2 Å². The molecule has 0 aliphatic carbocycles. The maximum atomic E-state index is 11.9. The topological polar surface area (TPSA) is 67.4 Å². The Morgan fingerprint density at radius 1 is 1.47 bits per heavy atom. The number of anilines is 1. The quantitative estimate of drug-likeness (QED) is 0.806. The van der Waals surface area contributed by atoms with Gasteiger partial charge in [0.1, 0.15) is 5.00 Å². The van der Waals surface area contributed by atoms with Crippen LogP contribution in [0.4, 0.5) is 5.00 Å². The summed E-state index contributed by atoms with van der Waals surface area (Å²) in [4.78, 5) is 24.8. The van der Waals surface area contributed by atoms with Crippen LogP contribution in [0.5, 0.6) is 0 Å². The predicted molar refractivity (Wildman–Crippen MR) is 74.6 cm³/mol. The highest BCUT2D eigenvalue weighted by Gasteiger charge is 2.27. The molecule has 19 heavy (non-hydrogen) atoms. The number of amides is 1. The number of thiophene rings is 1. The summed E-state index contributed by atoms with van der Waals surface area (Å²) in [7, 11) is 0. The highest BCUT2D eigenvalue weighted by Crippen LogP contribution is 2.30. The van der Waals surface area contributed by atoms with Crippen molar-refractivity contribution in [2.24, 2.45) is 5.92 Å². The third kappa shape index (κ3) is 3.13. The van der Waals surface area contributed by atoms with E-state index in [1.54, 1.807) is 13.0 Å². The second-order valence-electron chi connectivity index (χ2n) is 4.37. The van der Waals surface area contributed by atoms with Crippen LogP contribution in [0.2, 0.25) is 0 Å². The fourth-order valence-corrected chi connectivity index (χ4v) is 2.74. The summed E-state index contributed by atoms with van der Waals surface area (Å²) >= 11 is 1.44. The SMILES string of the molecule is CCOC(=O)c1cc(CC)sc1NC(=O)C1CNC1. The summed E-state index contributed by atoms with van der Waals surface area (Å²) in [6.45, 7) is 5.51. The molecule has 104 valence electrons. The number of hydrogen-bond donors (Lipinski definition) is 2. The molecule has 1 aliphatic rings. The Morgan fingerprint density at radius 3 is 2.74 bits per heavy atom. The number of carbonyl (C=O) groups is 2. The first-order valence-electron chi connectivity index (χ1n) is 6.47. The Labute approximate surface area is 116 Å². The lowest BCUT2D eigenvalue weighted by atomic mass is 10.0. The van der Waals surface area contributed by atoms with Gasteiger partial charge in [-0.05, 0) is 19.4 Å². The van der Waals surface area contributed by atoms with Gasteiger partial charge < -0.3 is 15.4 Å². The number of rotatable bonds is 5. The Kier molecular flexibility index (Phi) is 4.55. The summed E-state index contributed by atoms with van der Waals surface area (Å²) in [6, 6.07) is 1.80. The maximum absolute atomic E-state index is 11.9. The number of ether oxygens (including phenoxy) is 1. The Balaban J connectivity index is 2.14. The summed E-state index contributed by atoms with van der Waals surface area (Å²) in [5.41, 5.74) is 0.462. The van der Waals surface area contributed by atoms with Crippen molar-refractivity contribution in [1.82, 2.24) is 5.32 Å². The van der Waals surface area contributed by atoms with Gasteiger partial charge in [0.05, 0.1) is 18.1 Å². The lowest BCUT2D eigenvalue weighted by molar-refractivity contribution is -0.121. The fourth-order valence-electron chi connectivity index (χ4n) is 1.76. The van der Waals surface area contributed by atoms with E-state index in [0.29, 0.717) is 30.3 Å². The Hall–Kier alpha value is -1.40. The molecule has 2 heterocycles. The zero-order valence-corrected chi connectivity index (χ0v) is 11.9. The molecule has 2 N–H and O–H groups in total. The number of nitrogens with one attached hydrogen (secondary N) is 2. The van der Waals surface area contributed by atoms with Crippen LogP contribution in [0.15, 0.2) is 6.07 Å². The molecule has 1 fully saturated rings. The molecule has 1 saturated heterocycles. The van der Waals surface area contributed by atoms with Gasteiger partial charge in [-0.3, -0.25) is 4.79 Å². The minimum Gasteiger partial charge on any atom is -0.462 e. The van der Waals surface area contributed by atoms with E-state index in [2.05, 4.69) is 10.6 Å². The zero-order chi connectivity index (χ0) is 13.8. The molecule has 1 amide bonds. The summed E-state index contributed by atoms with van der Waals surface area (Å²) in [6.07, 6.45) is 0.831. The number of carbonyl (C=O) groups excluding carboxylic acids is 2. The standard InChI is InChI=1S/C13H18N2O3S/c1-3-9-5-10(13(17)18-4-2)12(19-9)15-11(16)8-6-14-7-8/h5,8,14H,3-4,6-7H2,1-2H3,(H,15,16). The van der Waals surface area contributed by atoms with Crippen molar-refractivity contribution in [3.63, 3.8) is 0 Å². The number of esters is 1. The van der Waals surface area contributed by atoms with Gasteiger partial charge >= 0.3 is 5.97 Å². The first-order chi connectivity index (χ1) is 9.15. The molecule has 6 heteroatoms. The van der Waals surface area contributed by atoms with Crippen LogP contribution < -0.4 is 10.6 Å². The smallest absolute Gasteiger partial charge is 0.341 e. The summed E-state index contributed by atoms with van der Waals surface area (Å²) in [5, 5.41) is 6.50. The van der Waals surface area contributed by atoms with Gasteiger partial charge in [0.2, 0.25) is 5.91 Å². The molecular formula is C13H18N2O3S. The van der Waals surface area contributed by atoms with E-state index in [1.165, 1.54) is 11.3 Å². The van der Waals surface area contributed by atoms with E-state index in [9.17, 15) is 9.59 Å². The molecule has 0 saturated carbocycles. The molecule has 0 radical (unpaired) electrons. The van der Waals surface area contributed by atoms with Crippen LogP contribution in [0, 0.1) is 5.92 Å². The van der Waals surface area contributed by atoms with E-state index in [-0.39, 0.29) is 17.8 Å². The minimum atomic E-state index is -0.375. The third-order valence-electron chi connectivity index (χ3n) is 3.02. The molecule has 1 aliphatic heterocycles. The first kappa shape index (κ1) is 14.0. The zero-order valence-electron chi connectivity index (χ0n) is 11.1. The van der Waals surface area contributed by atoms with Crippen molar-refractivity contribution in [1.29, 1.82) is 0 Å². The van der Waals surface area contributed by atoms with E-state index >= 15 is 0 Å². The van der Waals surface area contributed by atoms with Crippen LogP contribution in [0.25, 0.3) is 0 Å². The minimum absolute atomic E-state index is 0.00206.